The molecular weight excluding hydrogens is 252 g/mol. The monoisotopic (exact) mass is 268 g/mol. The highest BCUT2D eigenvalue weighted by atomic mass is 32.1. The van der Waals surface area contributed by atoms with Crippen molar-refractivity contribution in [3.63, 3.8) is 0 Å². The molecule has 98 valence electrons. The van der Waals surface area contributed by atoms with Crippen LogP contribution >= 0.6 is 11.3 Å². The molecule has 1 aliphatic carbocycles. The summed E-state index contributed by atoms with van der Waals surface area (Å²) in [5.41, 5.74) is 4.81. The summed E-state index contributed by atoms with van der Waals surface area (Å²) in [7, 11) is 0. The van der Waals surface area contributed by atoms with Crippen LogP contribution in [-0.4, -0.2) is 25.2 Å². The first-order valence-corrected chi connectivity index (χ1v) is 6.66. The van der Waals surface area contributed by atoms with E-state index in [1.165, 1.54) is 9.75 Å². The van der Waals surface area contributed by atoms with Gasteiger partial charge in [0.1, 0.15) is 6.61 Å². The van der Waals surface area contributed by atoms with E-state index in [9.17, 15) is 9.59 Å². The van der Waals surface area contributed by atoms with Gasteiger partial charge in [-0.1, -0.05) is 0 Å². The molecule has 0 spiro atoms. The standard InChI is InChI=1S/C12H16N2O3S/c1-7-2-3-10(18-7)8-6-9(8)11(15)14-4-5-17-12(13)16/h2-3,8-9H,4-6H2,1H3,(H2,13,16)(H,14,15)/t8-,9+/m1/s1. The summed E-state index contributed by atoms with van der Waals surface area (Å²) >= 11 is 1.75. The number of carbonyl (C=O) groups is 2. The minimum absolute atomic E-state index is 0.0270. The highest BCUT2D eigenvalue weighted by Gasteiger charge is 2.44. The van der Waals surface area contributed by atoms with Crippen molar-refractivity contribution in [3.05, 3.63) is 21.9 Å². The first-order valence-electron chi connectivity index (χ1n) is 5.84. The zero-order valence-electron chi connectivity index (χ0n) is 10.1. The largest absolute Gasteiger partial charge is 0.448 e. The Hall–Kier alpha value is -1.56. The Bertz CT molecular complexity index is 458. The SMILES string of the molecule is Cc1ccc([C@@H]2C[C@@H]2C(=O)NCCOC(N)=O)s1. The van der Waals surface area contributed by atoms with Gasteiger partial charge >= 0.3 is 6.09 Å². The Morgan fingerprint density at radius 2 is 2.33 bits per heavy atom. The van der Waals surface area contributed by atoms with E-state index in [2.05, 4.69) is 29.1 Å². The molecule has 5 nitrogen and oxygen atoms in total. The van der Waals surface area contributed by atoms with Gasteiger partial charge in [-0.2, -0.15) is 0 Å². The predicted octanol–water partition coefficient (Wildman–Crippen LogP) is 1.37. The number of aryl methyl sites for hydroxylation is 1. The van der Waals surface area contributed by atoms with Crippen molar-refractivity contribution in [3.8, 4) is 0 Å². The molecule has 3 N–H and O–H groups in total. The summed E-state index contributed by atoms with van der Waals surface area (Å²) in [5.74, 6) is 0.455. The maximum Gasteiger partial charge on any atom is 0.404 e. The Morgan fingerprint density at radius 1 is 1.56 bits per heavy atom. The summed E-state index contributed by atoms with van der Waals surface area (Å²) in [5, 5.41) is 2.74. The van der Waals surface area contributed by atoms with Gasteiger partial charge in [-0.15, -0.1) is 11.3 Å². The number of nitrogens with one attached hydrogen (secondary N) is 1. The van der Waals surface area contributed by atoms with Crippen molar-refractivity contribution in [2.75, 3.05) is 13.2 Å². The van der Waals surface area contributed by atoms with E-state index in [1.807, 2.05) is 0 Å². The van der Waals surface area contributed by atoms with Crippen LogP contribution in [0, 0.1) is 12.8 Å². The molecule has 18 heavy (non-hydrogen) atoms. The number of hydrogen-bond acceptors (Lipinski definition) is 4. The van der Waals surface area contributed by atoms with Crippen molar-refractivity contribution in [2.45, 2.75) is 19.3 Å². The van der Waals surface area contributed by atoms with E-state index >= 15 is 0 Å². The van der Waals surface area contributed by atoms with Crippen LogP contribution in [0.15, 0.2) is 12.1 Å². The van der Waals surface area contributed by atoms with Crippen molar-refractivity contribution >= 4 is 23.3 Å². The Morgan fingerprint density at radius 3 is 2.94 bits per heavy atom. The van der Waals surface area contributed by atoms with Crippen LogP contribution in [0.5, 0.6) is 0 Å². The smallest absolute Gasteiger partial charge is 0.404 e. The van der Waals surface area contributed by atoms with E-state index in [0.29, 0.717) is 12.5 Å². The Kier molecular flexibility index (Phi) is 3.86. The number of ether oxygens (including phenoxy) is 1. The quantitative estimate of drug-likeness (QED) is 0.791. The van der Waals surface area contributed by atoms with Crippen LogP contribution in [0.25, 0.3) is 0 Å². The van der Waals surface area contributed by atoms with E-state index in [-0.39, 0.29) is 18.4 Å². The van der Waals surface area contributed by atoms with Gasteiger partial charge in [0.05, 0.1) is 6.54 Å². The Labute approximate surface area is 109 Å². The molecule has 0 aromatic carbocycles. The van der Waals surface area contributed by atoms with Crippen molar-refractivity contribution in [1.82, 2.24) is 5.32 Å². The fourth-order valence-electron chi connectivity index (χ4n) is 1.91. The van der Waals surface area contributed by atoms with E-state index in [0.717, 1.165) is 6.42 Å². The van der Waals surface area contributed by atoms with Crippen LogP contribution in [0.4, 0.5) is 4.79 Å². The topological polar surface area (TPSA) is 81.4 Å². The summed E-state index contributed by atoms with van der Waals surface area (Å²) < 4.78 is 4.53. The minimum atomic E-state index is -0.817. The maximum atomic E-state index is 11.8. The fraction of sp³-hybridized carbons (Fsp3) is 0.500. The molecule has 2 atom stereocenters. The number of primary amides is 1. The van der Waals surface area contributed by atoms with E-state index in [1.54, 1.807) is 11.3 Å². The molecule has 1 aromatic rings. The molecule has 0 radical (unpaired) electrons. The normalized spacial score (nSPS) is 21.4. The lowest BCUT2D eigenvalue weighted by molar-refractivity contribution is -0.122. The lowest BCUT2D eigenvalue weighted by atomic mass is 10.2. The average Bonchev–Trinajstić information content (AvgIpc) is 3.00. The third kappa shape index (κ3) is 3.22. The molecule has 1 aliphatic rings. The van der Waals surface area contributed by atoms with E-state index in [4.69, 9.17) is 5.73 Å². The number of hydrogen-bond donors (Lipinski definition) is 2. The van der Waals surface area contributed by atoms with Crippen LogP contribution in [0.1, 0.15) is 22.1 Å². The van der Waals surface area contributed by atoms with Gasteiger partial charge in [0.25, 0.3) is 0 Å². The zero-order valence-corrected chi connectivity index (χ0v) is 11.0. The number of thiophene rings is 1. The number of carbonyl (C=O) groups excluding carboxylic acids is 2. The zero-order chi connectivity index (χ0) is 13.1. The third-order valence-corrected chi connectivity index (χ3v) is 4.03. The highest BCUT2D eigenvalue weighted by molar-refractivity contribution is 7.12. The highest BCUT2D eigenvalue weighted by Crippen LogP contribution is 2.49. The van der Waals surface area contributed by atoms with Gasteiger partial charge in [0, 0.05) is 21.6 Å². The van der Waals surface area contributed by atoms with E-state index < -0.39 is 6.09 Å². The Balaban J connectivity index is 1.71. The second kappa shape index (κ2) is 5.39. The molecule has 0 bridgehead atoms. The summed E-state index contributed by atoms with van der Waals surface area (Å²) in [4.78, 5) is 24.6. The van der Waals surface area contributed by atoms with Gasteiger partial charge in [-0.25, -0.2) is 4.79 Å². The molecule has 0 unspecified atom stereocenters. The molecule has 2 rings (SSSR count). The molecule has 6 heteroatoms. The molecule has 1 fully saturated rings. The average molecular weight is 268 g/mol. The lowest BCUT2D eigenvalue weighted by Gasteiger charge is -2.04. The molecular formula is C12H16N2O3S. The van der Waals surface area contributed by atoms with Crippen molar-refractivity contribution in [1.29, 1.82) is 0 Å². The van der Waals surface area contributed by atoms with Crippen LogP contribution in [0.2, 0.25) is 0 Å². The number of amides is 2. The maximum absolute atomic E-state index is 11.8. The van der Waals surface area contributed by atoms with Gasteiger partial charge in [-0.3, -0.25) is 4.79 Å². The predicted molar refractivity (Wildman–Crippen MR) is 68.4 cm³/mol. The van der Waals surface area contributed by atoms with Gasteiger partial charge < -0.3 is 15.8 Å². The second-order valence-electron chi connectivity index (χ2n) is 4.36. The summed E-state index contributed by atoms with van der Waals surface area (Å²) in [6.45, 7) is 2.50. The first-order chi connectivity index (χ1) is 8.58. The van der Waals surface area contributed by atoms with Gasteiger partial charge in [0.15, 0.2) is 0 Å². The minimum Gasteiger partial charge on any atom is -0.448 e. The second-order valence-corrected chi connectivity index (χ2v) is 5.68. The molecule has 1 saturated carbocycles. The summed E-state index contributed by atoms with van der Waals surface area (Å²) in [6, 6.07) is 4.17. The van der Waals surface area contributed by atoms with Crippen LogP contribution in [0.3, 0.4) is 0 Å². The van der Waals surface area contributed by atoms with Crippen molar-refractivity contribution < 1.29 is 14.3 Å². The summed E-state index contributed by atoms with van der Waals surface area (Å²) in [6.07, 6.45) is 0.0882. The first kappa shape index (κ1) is 12.9. The molecule has 2 amide bonds. The van der Waals surface area contributed by atoms with Crippen LogP contribution in [-0.2, 0) is 9.53 Å². The number of rotatable bonds is 5. The third-order valence-electron chi connectivity index (χ3n) is 2.90. The van der Waals surface area contributed by atoms with Crippen molar-refractivity contribution in [2.24, 2.45) is 11.7 Å². The molecule has 0 saturated heterocycles. The van der Waals surface area contributed by atoms with Gasteiger partial charge in [-0.05, 0) is 25.5 Å². The van der Waals surface area contributed by atoms with Gasteiger partial charge in [0.2, 0.25) is 5.91 Å². The van der Waals surface area contributed by atoms with Crippen LogP contribution < -0.4 is 11.1 Å². The fourth-order valence-corrected chi connectivity index (χ4v) is 2.96. The molecule has 0 aliphatic heterocycles. The molecule has 1 heterocycles. The molecule has 1 aromatic heterocycles. The lowest BCUT2D eigenvalue weighted by Crippen LogP contribution is -2.30. The number of nitrogens with two attached hydrogens (primary N) is 1.